The molecule has 0 saturated carbocycles. The number of hydrogen-bond acceptors (Lipinski definition) is 4. The molecule has 0 bridgehead atoms. The van der Waals surface area contributed by atoms with Crippen molar-refractivity contribution in [2.45, 2.75) is 6.92 Å². The first-order valence-corrected chi connectivity index (χ1v) is 7.34. The van der Waals surface area contributed by atoms with Crippen LogP contribution in [0, 0.1) is 17.0 Å². The maximum Gasteiger partial charge on any atom is 0.272 e. The predicted molar refractivity (Wildman–Crippen MR) is 89.0 cm³/mol. The lowest BCUT2D eigenvalue weighted by molar-refractivity contribution is -0.384. The van der Waals surface area contributed by atoms with Gasteiger partial charge in [0, 0.05) is 17.5 Å². The van der Waals surface area contributed by atoms with E-state index in [0.717, 1.165) is 22.2 Å². The van der Waals surface area contributed by atoms with Gasteiger partial charge in [0.2, 0.25) is 0 Å². The summed E-state index contributed by atoms with van der Waals surface area (Å²) < 4.78 is 6.86. The summed E-state index contributed by atoms with van der Waals surface area (Å²) in [6, 6.07) is 6.27. The zero-order chi connectivity index (χ0) is 16.7. The van der Waals surface area contributed by atoms with Crippen LogP contribution in [0.1, 0.15) is 5.56 Å². The molecule has 0 spiro atoms. The Morgan fingerprint density at radius 2 is 1.87 bits per heavy atom. The van der Waals surface area contributed by atoms with E-state index >= 15 is 0 Å². The highest BCUT2D eigenvalue weighted by Gasteiger charge is 2.18. The highest BCUT2D eigenvalue weighted by molar-refractivity contribution is 6.38. The molecule has 0 fully saturated rings. The molecule has 0 aliphatic heterocycles. The molecule has 0 aliphatic carbocycles. The van der Waals surface area contributed by atoms with Crippen molar-refractivity contribution >= 4 is 39.8 Å². The van der Waals surface area contributed by atoms with Gasteiger partial charge >= 0.3 is 0 Å². The first-order valence-electron chi connectivity index (χ1n) is 6.58. The molecule has 3 rings (SSSR count). The second-order valence-corrected chi connectivity index (χ2v) is 5.77. The summed E-state index contributed by atoms with van der Waals surface area (Å²) in [5.74, 6) is 0.748. The molecule has 0 aliphatic rings. The van der Waals surface area contributed by atoms with Crippen molar-refractivity contribution in [3.8, 4) is 11.4 Å². The van der Waals surface area contributed by atoms with E-state index in [0.29, 0.717) is 5.69 Å². The van der Waals surface area contributed by atoms with E-state index in [1.165, 1.54) is 12.1 Å². The van der Waals surface area contributed by atoms with E-state index in [1.54, 1.807) is 18.0 Å². The minimum absolute atomic E-state index is 0.155. The molecule has 0 radical (unpaired) electrons. The molecule has 8 heteroatoms. The Bertz CT molecular complexity index is 914. The average molecular weight is 352 g/mol. The number of nitro groups is 1. The Morgan fingerprint density at radius 1 is 1.22 bits per heavy atom. The molecular weight excluding hydrogens is 341 g/mol. The van der Waals surface area contributed by atoms with Crippen LogP contribution >= 0.6 is 23.2 Å². The normalized spacial score (nSPS) is 11.0. The minimum Gasteiger partial charge on any atom is -0.496 e. The summed E-state index contributed by atoms with van der Waals surface area (Å²) in [6.07, 6.45) is 1.66. The lowest BCUT2D eigenvalue weighted by Crippen LogP contribution is -2.00. The monoisotopic (exact) mass is 351 g/mol. The van der Waals surface area contributed by atoms with E-state index in [-0.39, 0.29) is 15.7 Å². The van der Waals surface area contributed by atoms with Crippen molar-refractivity contribution in [1.29, 1.82) is 0 Å². The maximum absolute atomic E-state index is 10.9. The Labute approximate surface area is 141 Å². The molecule has 2 aromatic carbocycles. The Balaban J connectivity index is 2.25. The highest BCUT2D eigenvalue weighted by Crippen LogP contribution is 2.35. The van der Waals surface area contributed by atoms with Crippen LogP contribution < -0.4 is 4.74 Å². The molecule has 3 aromatic rings. The van der Waals surface area contributed by atoms with Gasteiger partial charge in [-0.3, -0.25) is 10.1 Å². The van der Waals surface area contributed by atoms with Crippen molar-refractivity contribution in [2.75, 3.05) is 7.11 Å². The third kappa shape index (κ3) is 2.60. The molecule has 6 nitrogen and oxygen atoms in total. The number of aromatic nitrogens is 2. The number of benzene rings is 2. The lowest BCUT2D eigenvalue weighted by Gasteiger charge is -2.10. The number of fused-ring (bicyclic) bond motifs is 1. The van der Waals surface area contributed by atoms with Gasteiger partial charge in [-0.25, -0.2) is 4.68 Å². The Hall–Kier alpha value is -2.31. The molecule has 23 heavy (non-hydrogen) atoms. The smallest absolute Gasteiger partial charge is 0.272 e. The number of non-ortho nitro benzene ring substituents is 1. The fourth-order valence-corrected chi connectivity index (χ4v) is 3.05. The van der Waals surface area contributed by atoms with Gasteiger partial charge in [0.25, 0.3) is 5.69 Å². The molecule has 1 aromatic heterocycles. The van der Waals surface area contributed by atoms with Gasteiger partial charge < -0.3 is 4.74 Å². The summed E-state index contributed by atoms with van der Waals surface area (Å²) in [5.41, 5.74) is 1.94. The Morgan fingerprint density at radius 3 is 2.43 bits per heavy atom. The van der Waals surface area contributed by atoms with Gasteiger partial charge in [0.15, 0.2) is 0 Å². The Kier molecular flexibility index (Phi) is 3.87. The number of rotatable bonds is 3. The summed E-state index contributed by atoms with van der Waals surface area (Å²) in [6.45, 7) is 1.91. The van der Waals surface area contributed by atoms with E-state index in [4.69, 9.17) is 27.9 Å². The van der Waals surface area contributed by atoms with Crippen LogP contribution in [0.4, 0.5) is 5.69 Å². The number of methoxy groups -OCH3 is 1. The van der Waals surface area contributed by atoms with Crippen LogP contribution in [0.5, 0.6) is 5.75 Å². The second-order valence-electron chi connectivity index (χ2n) is 4.95. The first-order chi connectivity index (χ1) is 10.9. The van der Waals surface area contributed by atoms with Crippen molar-refractivity contribution < 1.29 is 9.66 Å². The summed E-state index contributed by atoms with van der Waals surface area (Å²) in [4.78, 5) is 10.3. The van der Waals surface area contributed by atoms with Crippen LogP contribution in [-0.4, -0.2) is 21.8 Å². The van der Waals surface area contributed by atoms with Gasteiger partial charge in [0.05, 0.1) is 33.8 Å². The minimum atomic E-state index is -0.544. The quantitative estimate of drug-likeness (QED) is 0.512. The van der Waals surface area contributed by atoms with E-state index < -0.39 is 4.92 Å². The predicted octanol–water partition coefficient (Wildman–Crippen LogP) is 4.56. The number of hydrogen-bond donors (Lipinski definition) is 0. The van der Waals surface area contributed by atoms with Gasteiger partial charge in [-0.2, -0.15) is 5.10 Å². The summed E-state index contributed by atoms with van der Waals surface area (Å²) in [5, 5.41) is 16.3. The van der Waals surface area contributed by atoms with Gasteiger partial charge in [-0.15, -0.1) is 0 Å². The maximum atomic E-state index is 10.9. The van der Waals surface area contributed by atoms with Crippen LogP contribution in [0.3, 0.4) is 0 Å². The van der Waals surface area contributed by atoms with Gasteiger partial charge in [0.1, 0.15) is 11.4 Å². The fraction of sp³-hybridized carbons (Fsp3) is 0.133. The van der Waals surface area contributed by atoms with E-state index in [1.807, 2.05) is 19.1 Å². The van der Waals surface area contributed by atoms with Gasteiger partial charge in [-0.05, 0) is 24.6 Å². The van der Waals surface area contributed by atoms with E-state index in [9.17, 15) is 10.1 Å². The van der Waals surface area contributed by atoms with Crippen LogP contribution in [0.15, 0.2) is 30.5 Å². The lowest BCUT2D eigenvalue weighted by atomic mass is 10.1. The molecule has 118 valence electrons. The molecule has 1 heterocycles. The topological polar surface area (TPSA) is 70.2 Å². The van der Waals surface area contributed by atoms with Crippen LogP contribution in [0.25, 0.3) is 16.6 Å². The standard InChI is InChI=1S/C15H11Cl2N3O3/c1-8-3-13-9(4-14(8)23-2)7-18-19(13)15-11(16)5-10(20(21)22)6-12(15)17/h3-7H,1-2H3. The molecular formula is C15H11Cl2N3O3. The molecule has 0 atom stereocenters. The number of nitrogens with zero attached hydrogens (tertiary/aromatic N) is 3. The SMILES string of the molecule is COc1cc2cnn(-c3c(Cl)cc([N+](=O)[O-])cc3Cl)c2cc1C. The van der Waals surface area contributed by atoms with Crippen molar-refractivity contribution in [1.82, 2.24) is 9.78 Å². The average Bonchev–Trinajstić information content (AvgIpc) is 2.88. The summed E-state index contributed by atoms with van der Waals surface area (Å²) in [7, 11) is 1.60. The third-order valence-electron chi connectivity index (χ3n) is 3.51. The zero-order valence-corrected chi connectivity index (χ0v) is 13.7. The van der Waals surface area contributed by atoms with Crippen LogP contribution in [0.2, 0.25) is 10.0 Å². The first kappa shape index (κ1) is 15.6. The second kappa shape index (κ2) is 5.72. The molecule has 0 amide bonds. The van der Waals surface area contributed by atoms with Crippen molar-refractivity contribution in [3.05, 3.63) is 56.2 Å². The van der Waals surface area contributed by atoms with Crippen molar-refractivity contribution in [2.24, 2.45) is 0 Å². The highest BCUT2D eigenvalue weighted by atomic mass is 35.5. The molecule has 0 N–H and O–H groups in total. The number of nitro benzene ring substituents is 1. The van der Waals surface area contributed by atoms with Gasteiger partial charge in [-0.1, -0.05) is 23.2 Å². The van der Waals surface area contributed by atoms with E-state index in [2.05, 4.69) is 5.10 Å². The fourth-order valence-electron chi connectivity index (χ4n) is 2.42. The van der Waals surface area contributed by atoms with Crippen molar-refractivity contribution in [3.63, 3.8) is 0 Å². The summed E-state index contributed by atoms with van der Waals surface area (Å²) >= 11 is 12.4. The molecule has 0 unspecified atom stereocenters. The van der Waals surface area contributed by atoms with Crippen LogP contribution in [-0.2, 0) is 0 Å². The zero-order valence-electron chi connectivity index (χ0n) is 12.2. The molecule has 0 saturated heterocycles. The largest absolute Gasteiger partial charge is 0.496 e. The number of halogens is 2. The third-order valence-corrected chi connectivity index (χ3v) is 4.09. The number of ether oxygens (including phenoxy) is 1. The number of aryl methyl sites for hydroxylation is 1.